The lowest BCUT2D eigenvalue weighted by atomic mass is 10.1. The number of rotatable bonds is 8. The van der Waals surface area contributed by atoms with Crippen LogP contribution in [0.1, 0.15) is 18.9 Å². The number of ether oxygens (including phenoxy) is 1. The molecule has 0 fully saturated rings. The van der Waals surface area contributed by atoms with E-state index in [4.69, 9.17) is 16.3 Å². The predicted molar refractivity (Wildman–Crippen MR) is 141 cm³/mol. The number of hydrogen-bond donors (Lipinski definition) is 2. The number of nitrogens with one attached hydrogen (secondary N) is 2. The van der Waals surface area contributed by atoms with Gasteiger partial charge in [-0.2, -0.15) is 13.2 Å². The van der Waals surface area contributed by atoms with Crippen LogP contribution >= 0.6 is 11.6 Å². The van der Waals surface area contributed by atoms with Crippen molar-refractivity contribution in [2.75, 3.05) is 10.0 Å². The monoisotopic (exact) mass is 562 g/mol. The van der Waals surface area contributed by atoms with Crippen LogP contribution in [-0.2, 0) is 21.0 Å². The van der Waals surface area contributed by atoms with Gasteiger partial charge in [0.15, 0.2) is 6.10 Å². The molecule has 0 aliphatic heterocycles. The second-order valence-corrected chi connectivity index (χ2v) is 10.4. The fourth-order valence-electron chi connectivity index (χ4n) is 3.73. The average Bonchev–Trinajstić information content (AvgIpc) is 2.88. The lowest BCUT2D eigenvalue weighted by Gasteiger charge is -2.19. The molecule has 38 heavy (non-hydrogen) atoms. The molecule has 1 amide bonds. The molecule has 0 saturated heterocycles. The summed E-state index contributed by atoms with van der Waals surface area (Å²) in [6, 6.07) is 21.1. The van der Waals surface area contributed by atoms with E-state index in [-0.39, 0.29) is 10.6 Å². The van der Waals surface area contributed by atoms with E-state index in [9.17, 15) is 26.4 Å². The standard InChI is InChI=1S/C27H22ClF3N2O4S/c1-2-24(37-25-9-5-7-17-6-3-4-8-21(17)25)26(34)32-18-10-13-20(14-11-18)38(35,36)33-19-12-15-23(28)22(16-19)27(29,30)31/h3-16,24,33H,2H2,1H3,(H,32,34). The lowest BCUT2D eigenvalue weighted by molar-refractivity contribution is -0.137. The van der Waals surface area contributed by atoms with Crippen molar-refractivity contribution in [3.8, 4) is 5.75 Å². The van der Waals surface area contributed by atoms with Crippen molar-refractivity contribution in [1.82, 2.24) is 0 Å². The van der Waals surface area contributed by atoms with Gasteiger partial charge in [-0.3, -0.25) is 9.52 Å². The minimum absolute atomic E-state index is 0.210. The summed E-state index contributed by atoms with van der Waals surface area (Å²) in [5, 5.41) is 3.99. The topological polar surface area (TPSA) is 84.5 Å². The molecule has 0 aliphatic rings. The second kappa shape index (κ2) is 10.9. The number of hydrogen-bond acceptors (Lipinski definition) is 4. The zero-order valence-electron chi connectivity index (χ0n) is 19.9. The molecule has 198 valence electrons. The lowest BCUT2D eigenvalue weighted by Crippen LogP contribution is -2.32. The first-order valence-electron chi connectivity index (χ1n) is 11.4. The molecule has 0 saturated carbocycles. The molecule has 0 spiro atoms. The Labute approximate surface area is 222 Å². The average molecular weight is 563 g/mol. The number of halogens is 4. The van der Waals surface area contributed by atoms with Crippen LogP contribution in [0.4, 0.5) is 24.5 Å². The normalized spacial score (nSPS) is 12.7. The van der Waals surface area contributed by atoms with E-state index in [1.54, 1.807) is 13.0 Å². The second-order valence-electron chi connectivity index (χ2n) is 8.30. The molecule has 4 aromatic rings. The number of carbonyl (C=O) groups excluding carboxylic acids is 1. The van der Waals surface area contributed by atoms with Gasteiger partial charge < -0.3 is 10.1 Å². The van der Waals surface area contributed by atoms with Gasteiger partial charge >= 0.3 is 6.18 Å². The number of anilines is 2. The molecule has 2 N–H and O–H groups in total. The van der Waals surface area contributed by atoms with Gasteiger partial charge in [-0.25, -0.2) is 8.42 Å². The first-order valence-corrected chi connectivity index (χ1v) is 13.3. The van der Waals surface area contributed by atoms with Crippen molar-refractivity contribution in [3.63, 3.8) is 0 Å². The van der Waals surface area contributed by atoms with Crippen LogP contribution in [-0.4, -0.2) is 20.4 Å². The van der Waals surface area contributed by atoms with E-state index in [0.29, 0.717) is 23.9 Å². The van der Waals surface area contributed by atoms with Gasteiger partial charge in [-0.15, -0.1) is 0 Å². The predicted octanol–water partition coefficient (Wildman–Crippen LogP) is 7.11. The summed E-state index contributed by atoms with van der Waals surface area (Å²) in [6.45, 7) is 1.80. The zero-order chi connectivity index (χ0) is 27.5. The Morgan fingerprint density at radius 3 is 2.29 bits per heavy atom. The minimum atomic E-state index is -4.74. The summed E-state index contributed by atoms with van der Waals surface area (Å²) >= 11 is 5.59. The summed E-state index contributed by atoms with van der Waals surface area (Å²) in [5.41, 5.74) is -1.14. The Balaban J connectivity index is 1.46. The van der Waals surface area contributed by atoms with E-state index in [2.05, 4.69) is 10.0 Å². The maximum absolute atomic E-state index is 13.1. The van der Waals surface area contributed by atoms with Gasteiger partial charge in [0, 0.05) is 16.8 Å². The van der Waals surface area contributed by atoms with Crippen LogP contribution in [0.5, 0.6) is 5.75 Å². The van der Waals surface area contributed by atoms with Crippen molar-refractivity contribution in [2.24, 2.45) is 0 Å². The quantitative estimate of drug-likeness (QED) is 0.240. The SMILES string of the molecule is CCC(Oc1cccc2ccccc12)C(=O)Nc1ccc(S(=O)(=O)Nc2ccc(Cl)c(C(F)(F)F)c2)cc1. The Bertz CT molecular complexity index is 1570. The van der Waals surface area contributed by atoms with E-state index in [1.165, 1.54) is 24.3 Å². The van der Waals surface area contributed by atoms with Crippen LogP contribution in [0.15, 0.2) is 89.8 Å². The highest BCUT2D eigenvalue weighted by Crippen LogP contribution is 2.36. The van der Waals surface area contributed by atoms with E-state index in [1.807, 2.05) is 36.4 Å². The summed E-state index contributed by atoms with van der Waals surface area (Å²) in [7, 11) is -4.21. The summed E-state index contributed by atoms with van der Waals surface area (Å²) in [5.74, 6) is 0.142. The summed E-state index contributed by atoms with van der Waals surface area (Å²) < 4.78 is 72.8. The third-order valence-corrected chi connectivity index (χ3v) is 7.37. The molecular weight excluding hydrogens is 541 g/mol. The highest BCUT2D eigenvalue weighted by molar-refractivity contribution is 7.92. The Hall–Kier alpha value is -3.76. The number of amides is 1. The van der Waals surface area contributed by atoms with Gasteiger partial charge in [0.1, 0.15) is 5.75 Å². The Morgan fingerprint density at radius 2 is 1.61 bits per heavy atom. The van der Waals surface area contributed by atoms with Crippen LogP contribution in [0.3, 0.4) is 0 Å². The largest absolute Gasteiger partial charge is 0.480 e. The maximum Gasteiger partial charge on any atom is 0.417 e. The number of carbonyl (C=O) groups is 1. The number of alkyl halides is 3. The highest BCUT2D eigenvalue weighted by atomic mass is 35.5. The van der Waals surface area contributed by atoms with Crippen LogP contribution in [0, 0.1) is 0 Å². The number of fused-ring (bicyclic) bond motifs is 1. The van der Waals surface area contributed by atoms with Crippen molar-refractivity contribution in [2.45, 2.75) is 30.5 Å². The number of benzene rings is 4. The Kier molecular flexibility index (Phi) is 7.84. The smallest absolute Gasteiger partial charge is 0.417 e. The molecule has 1 atom stereocenters. The van der Waals surface area contributed by atoms with Crippen molar-refractivity contribution in [3.05, 3.63) is 95.5 Å². The molecule has 1 unspecified atom stereocenters. The zero-order valence-corrected chi connectivity index (χ0v) is 21.5. The van der Waals surface area contributed by atoms with Crippen LogP contribution in [0.25, 0.3) is 10.8 Å². The van der Waals surface area contributed by atoms with Crippen LogP contribution < -0.4 is 14.8 Å². The molecule has 4 rings (SSSR count). The molecule has 0 radical (unpaired) electrons. The first kappa shape index (κ1) is 27.3. The van der Waals surface area contributed by atoms with Crippen molar-refractivity contribution in [1.29, 1.82) is 0 Å². The fraction of sp³-hybridized carbons (Fsp3) is 0.148. The van der Waals surface area contributed by atoms with Gasteiger partial charge in [-0.1, -0.05) is 54.9 Å². The molecule has 0 aromatic heterocycles. The Morgan fingerprint density at radius 1 is 0.947 bits per heavy atom. The van der Waals surface area contributed by atoms with Gasteiger partial charge in [0.05, 0.1) is 15.5 Å². The van der Waals surface area contributed by atoms with Gasteiger partial charge in [0.25, 0.3) is 15.9 Å². The molecule has 0 heterocycles. The maximum atomic E-state index is 13.1. The van der Waals surface area contributed by atoms with Crippen LogP contribution in [0.2, 0.25) is 5.02 Å². The molecule has 0 bridgehead atoms. The fourth-order valence-corrected chi connectivity index (χ4v) is 5.01. The van der Waals surface area contributed by atoms with E-state index in [0.717, 1.165) is 22.9 Å². The van der Waals surface area contributed by atoms with E-state index >= 15 is 0 Å². The molecule has 11 heteroatoms. The molecule has 6 nitrogen and oxygen atoms in total. The van der Waals surface area contributed by atoms with E-state index < -0.39 is 38.8 Å². The highest BCUT2D eigenvalue weighted by Gasteiger charge is 2.33. The first-order chi connectivity index (χ1) is 18.0. The molecular formula is C27H22ClF3N2O4S. The number of sulfonamides is 1. The van der Waals surface area contributed by atoms with Crippen molar-refractivity contribution < 1.29 is 31.1 Å². The molecule has 4 aromatic carbocycles. The van der Waals surface area contributed by atoms with Gasteiger partial charge in [-0.05, 0) is 60.3 Å². The van der Waals surface area contributed by atoms with Crippen molar-refractivity contribution >= 4 is 49.7 Å². The summed E-state index contributed by atoms with van der Waals surface area (Å²) in [6.07, 6.45) is -5.17. The third-order valence-electron chi connectivity index (χ3n) is 5.64. The summed E-state index contributed by atoms with van der Waals surface area (Å²) in [4.78, 5) is 12.7. The third kappa shape index (κ3) is 6.20. The molecule has 0 aliphatic carbocycles. The minimum Gasteiger partial charge on any atom is -0.480 e. The van der Waals surface area contributed by atoms with Gasteiger partial charge in [0.2, 0.25) is 0 Å².